The van der Waals surface area contributed by atoms with Crippen LogP contribution in [0.15, 0.2) is 90.6 Å². The second kappa shape index (κ2) is 8.57. The molecule has 4 heteroatoms. The van der Waals surface area contributed by atoms with E-state index in [0.29, 0.717) is 18.7 Å². The van der Waals surface area contributed by atoms with E-state index in [0.717, 1.165) is 17.5 Å². The van der Waals surface area contributed by atoms with Gasteiger partial charge in [-0.1, -0.05) is 72.8 Å². The predicted octanol–water partition coefficient (Wildman–Crippen LogP) is 4.04. The van der Waals surface area contributed by atoms with E-state index in [9.17, 15) is 9.59 Å². The molecule has 0 saturated heterocycles. The number of rotatable bonds is 4. The van der Waals surface area contributed by atoms with Gasteiger partial charge < -0.3 is 10.2 Å². The number of nitrogens with zero attached hydrogens (tertiary/aromatic N) is 1. The molecule has 144 valence electrons. The average molecular weight is 382 g/mol. The number of amides is 2. The van der Waals surface area contributed by atoms with Crippen molar-refractivity contribution in [2.75, 3.05) is 6.54 Å². The third-order valence-electron chi connectivity index (χ3n) is 5.04. The summed E-state index contributed by atoms with van der Waals surface area (Å²) in [4.78, 5) is 27.8. The zero-order valence-corrected chi connectivity index (χ0v) is 16.0. The molecule has 29 heavy (non-hydrogen) atoms. The second-order valence-corrected chi connectivity index (χ2v) is 7.03. The Bertz CT molecular complexity index is 1040. The SMILES string of the molecule is O=C(N/C(=C/c1ccccc1)C(=O)N1CCc2ccccc2C1)c1ccccc1. The predicted molar refractivity (Wildman–Crippen MR) is 114 cm³/mol. The van der Waals surface area contributed by atoms with Crippen LogP contribution < -0.4 is 5.32 Å². The van der Waals surface area contributed by atoms with Crippen LogP contribution in [0.1, 0.15) is 27.0 Å². The molecule has 1 aliphatic rings. The topological polar surface area (TPSA) is 49.4 Å². The number of hydrogen-bond acceptors (Lipinski definition) is 2. The van der Waals surface area contributed by atoms with E-state index in [2.05, 4.69) is 17.4 Å². The van der Waals surface area contributed by atoms with Crippen LogP contribution in [0.2, 0.25) is 0 Å². The van der Waals surface area contributed by atoms with Gasteiger partial charge in [0.1, 0.15) is 5.70 Å². The second-order valence-electron chi connectivity index (χ2n) is 7.03. The first-order valence-electron chi connectivity index (χ1n) is 9.70. The van der Waals surface area contributed by atoms with Crippen LogP contribution in [0.3, 0.4) is 0 Å². The fourth-order valence-electron chi connectivity index (χ4n) is 3.49. The van der Waals surface area contributed by atoms with Crippen LogP contribution >= 0.6 is 0 Å². The van der Waals surface area contributed by atoms with Gasteiger partial charge in [-0.15, -0.1) is 0 Å². The van der Waals surface area contributed by atoms with Crippen molar-refractivity contribution in [3.8, 4) is 0 Å². The highest BCUT2D eigenvalue weighted by Gasteiger charge is 2.24. The van der Waals surface area contributed by atoms with Crippen molar-refractivity contribution in [3.05, 3.63) is 113 Å². The molecule has 0 aromatic heterocycles. The molecule has 3 aromatic rings. The van der Waals surface area contributed by atoms with Crippen LogP contribution in [-0.4, -0.2) is 23.3 Å². The van der Waals surface area contributed by atoms with Gasteiger partial charge in [0.05, 0.1) is 0 Å². The Morgan fingerprint density at radius 3 is 2.14 bits per heavy atom. The van der Waals surface area contributed by atoms with E-state index >= 15 is 0 Å². The lowest BCUT2D eigenvalue weighted by Crippen LogP contribution is -2.41. The summed E-state index contributed by atoms with van der Waals surface area (Å²) in [5.74, 6) is -0.467. The van der Waals surface area contributed by atoms with Gasteiger partial charge in [0.25, 0.3) is 11.8 Å². The van der Waals surface area contributed by atoms with Crippen molar-refractivity contribution < 1.29 is 9.59 Å². The first-order chi connectivity index (χ1) is 14.2. The molecule has 1 heterocycles. The molecule has 0 spiro atoms. The third-order valence-corrected chi connectivity index (χ3v) is 5.04. The molecular weight excluding hydrogens is 360 g/mol. The van der Waals surface area contributed by atoms with Gasteiger partial charge in [-0.2, -0.15) is 0 Å². The maximum atomic E-state index is 13.3. The number of fused-ring (bicyclic) bond motifs is 1. The Labute approximate surface area is 170 Å². The summed E-state index contributed by atoms with van der Waals surface area (Å²) in [6.07, 6.45) is 2.55. The van der Waals surface area contributed by atoms with Crippen molar-refractivity contribution in [2.45, 2.75) is 13.0 Å². The molecule has 0 aliphatic carbocycles. The Morgan fingerprint density at radius 1 is 0.793 bits per heavy atom. The molecule has 4 rings (SSSR count). The minimum absolute atomic E-state index is 0.173. The van der Waals surface area contributed by atoms with Gasteiger partial charge in [-0.05, 0) is 41.3 Å². The summed E-state index contributed by atoms with van der Waals surface area (Å²) in [6, 6.07) is 26.7. The first-order valence-corrected chi connectivity index (χ1v) is 9.70. The molecule has 3 aromatic carbocycles. The maximum absolute atomic E-state index is 13.3. The smallest absolute Gasteiger partial charge is 0.270 e. The van der Waals surface area contributed by atoms with Crippen LogP contribution in [0.4, 0.5) is 0 Å². The molecule has 0 unspecified atom stereocenters. The summed E-state index contributed by atoms with van der Waals surface area (Å²) < 4.78 is 0. The first kappa shape index (κ1) is 18.7. The highest BCUT2D eigenvalue weighted by molar-refractivity contribution is 6.05. The molecule has 0 atom stereocenters. The van der Waals surface area contributed by atoms with E-state index in [1.54, 1.807) is 35.2 Å². The molecular formula is C25H22N2O2. The lowest BCUT2D eigenvalue weighted by Gasteiger charge is -2.29. The van der Waals surface area contributed by atoms with Crippen LogP contribution in [0, 0.1) is 0 Å². The van der Waals surface area contributed by atoms with E-state index in [1.165, 1.54) is 5.56 Å². The number of hydrogen-bond donors (Lipinski definition) is 1. The van der Waals surface area contributed by atoms with Crippen molar-refractivity contribution >= 4 is 17.9 Å². The summed E-state index contributed by atoms with van der Waals surface area (Å²) in [5.41, 5.74) is 4.09. The van der Waals surface area contributed by atoms with Gasteiger partial charge in [0, 0.05) is 18.7 Å². The Kier molecular flexibility index (Phi) is 5.52. The van der Waals surface area contributed by atoms with E-state index in [4.69, 9.17) is 0 Å². The van der Waals surface area contributed by atoms with Gasteiger partial charge in [0.15, 0.2) is 0 Å². The Balaban J connectivity index is 1.61. The Morgan fingerprint density at radius 2 is 1.41 bits per heavy atom. The van der Waals surface area contributed by atoms with E-state index in [-0.39, 0.29) is 17.5 Å². The number of benzene rings is 3. The third kappa shape index (κ3) is 4.43. The fourth-order valence-corrected chi connectivity index (χ4v) is 3.49. The van der Waals surface area contributed by atoms with Crippen molar-refractivity contribution in [1.82, 2.24) is 10.2 Å². The number of carbonyl (C=O) groups excluding carboxylic acids is 2. The minimum atomic E-state index is -0.293. The minimum Gasteiger partial charge on any atom is -0.333 e. The molecule has 2 amide bonds. The zero-order valence-electron chi connectivity index (χ0n) is 16.0. The van der Waals surface area contributed by atoms with Crippen molar-refractivity contribution in [3.63, 3.8) is 0 Å². The van der Waals surface area contributed by atoms with E-state index < -0.39 is 0 Å². The summed E-state index contributed by atoms with van der Waals surface area (Å²) in [7, 11) is 0. The summed E-state index contributed by atoms with van der Waals surface area (Å²) in [5, 5.41) is 2.83. The largest absolute Gasteiger partial charge is 0.333 e. The quantitative estimate of drug-likeness (QED) is 0.693. The molecule has 4 nitrogen and oxygen atoms in total. The monoisotopic (exact) mass is 382 g/mol. The fraction of sp³-hybridized carbons (Fsp3) is 0.120. The van der Waals surface area contributed by atoms with Crippen LogP contribution in [0.25, 0.3) is 6.08 Å². The van der Waals surface area contributed by atoms with Gasteiger partial charge in [-0.25, -0.2) is 0 Å². The van der Waals surface area contributed by atoms with Gasteiger partial charge >= 0.3 is 0 Å². The normalized spacial score (nSPS) is 13.5. The highest BCUT2D eigenvalue weighted by atomic mass is 16.2. The zero-order chi connectivity index (χ0) is 20.1. The summed E-state index contributed by atoms with van der Waals surface area (Å²) in [6.45, 7) is 1.17. The standard InChI is InChI=1S/C25H22N2O2/c28-24(21-12-5-2-6-13-21)26-23(17-19-9-3-1-4-10-19)25(29)27-16-15-20-11-7-8-14-22(20)18-27/h1-14,17H,15-16,18H2,(H,26,28)/b23-17+. The summed E-state index contributed by atoms with van der Waals surface area (Å²) >= 11 is 0. The maximum Gasteiger partial charge on any atom is 0.270 e. The van der Waals surface area contributed by atoms with Crippen LogP contribution in [-0.2, 0) is 17.8 Å². The van der Waals surface area contributed by atoms with Crippen molar-refractivity contribution in [2.24, 2.45) is 0 Å². The van der Waals surface area contributed by atoms with Crippen LogP contribution in [0.5, 0.6) is 0 Å². The Hall–Kier alpha value is -3.66. The molecule has 0 saturated carbocycles. The molecule has 0 bridgehead atoms. The molecule has 1 N–H and O–H groups in total. The van der Waals surface area contributed by atoms with E-state index in [1.807, 2.05) is 48.5 Å². The average Bonchev–Trinajstić information content (AvgIpc) is 2.79. The highest BCUT2D eigenvalue weighted by Crippen LogP contribution is 2.20. The number of carbonyl (C=O) groups is 2. The van der Waals surface area contributed by atoms with Gasteiger partial charge in [0.2, 0.25) is 0 Å². The molecule has 0 fully saturated rings. The molecule has 0 radical (unpaired) electrons. The van der Waals surface area contributed by atoms with Crippen molar-refractivity contribution in [1.29, 1.82) is 0 Å². The molecule has 1 aliphatic heterocycles. The lowest BCUT2D eigenvalue weighted by molar-refractivity contribution is -0.128. The van der Waals surface area contributed by atoms with Gasteiger partial charge in [-0.3, -0.25) is 9.59 Å². The lowest BCUT2D eigenvalue weighted by atomic mass is 9.99. The number of nitrogens with one attached hydrogen (secondary N) is 1.